The van der Waals surface area contributed by atoms with Crippen LogP contribution in [0.5, 0.6) is 0 Å². The van der Waals surface area contributed by atoms with Gasteiger partial charge in [0.25, 0.3) is 5.56 Å². The number of hydrogen-bond donors (Lipinski definition) is 1. The van der Waals surface area contributed by atoms with Crippen LogP contribution >= 0.6 is 0 Å². The molecule has 0 atom stereocenters. The number of H-pyrrole nitrogens is 1. The number of para-hydroxylation sites is 1. The lowest BCUT2D eigenvalue weighted by Gasteiger charge is -2.33. The number of aryl methyl sites for hydroxylation is 2. The van der Waals surface area contributed by atoms with Gasteiger partial charge in [-0.25, -0.2) is 9.97 Å². The summed E-state index contributed by atoms with van der Waals surface area (Å²) < 4.78 is 0. The van der Waals surface area contributed by atoms with Gasteiger partial charge in [-0.15, -0.1) is 0 Å². The van der Waals surface area contributed by atoms with Gasteiger partial charge in [0.2, 0.25) is 0 Å². The zero-order chi connectivity index (χ0) is 17.4. The average Bonchev–Trinajstić information content (AvgIpc) is 2.61. The monoisotopic (exact) mass is 334 g/mol. The van der Waals surface area contributed by atoms with E-state index in [0.29, 0.717) is 11.7 Å². The van der Waals surface area contributed by atoms with E-state index in [0.717, 1.165) is 43.0 Å². The molecule has 0 spiro atoms. The van der Waals surface area contributed by atoms with Crippen molar-refractivity contribution in [2.45, 2.75) is 32.6 Å². The molecule has 0 amide bonds. The molecular formula is C20H22N4O. The lowest BCUT2D eigenvalue weighted by molar-refractivity contribution is 0.492. The molecule has 1 aliphatic rings. The molecule has 1 aliphatic heterocycles. The summed E-state index contributed by atoms with van der Waals surface area (Å²) in [6.45, 7) is 5.84. The van der Waals surface area contributed by atoms with Crippen LogP contribution in [0.2, 0.25) is 0 Å². The average molecular weight is 334 g/mol. The molecule has 5 heteroatoms. The van der Waals surface area contributed by atoms with E-state index in [1.165, 1.54) is 10.9 Å². The van der Waals surface area contributed by atoms with E-state index < -0.39 is 0 Å². The summed E-state index contributed by atoms with van der Waals surface area (Å²) >= 11 is 0. The van der Waals surface area contributed by atoms with Crippen molar-refractivity contribution in [2.75, 3.05) is 18.0 Å². The molecule has 1 N–H and O–H groups in total. The first-order chi connectivity index (χ1) is 12.1. The van der Waals surface area contributed by atoms with Crippen LogP contribution in [0, 0.1) is 13.8 Å². The third-order valence-electron chi connectivity index (χ3n) is 5.03. The number of fused-ring (bicyclic) bond motifs is 1. The highest BCUT2D eigenvalue weighted by atomic mass is 16.1. The van der Waals surface area contributed by atoms with Crippen molar-refractivity contribution >= 4 is 16.7 Å². The minimum absolute atomic E-state index is 0.0586. The molecule has 1 saturated heterocycles. The van der Waals surface area contributed by atoms with Gasteiger partial charge in [0.1, 0.15) is 11.6 Å². The summed E-state index contributed by atoms with van der Waals surface area (Å²) in [6.07, 6.45) is 1.98. The maximum atomic E-state index is 11.7. The second kappa shape index (κ2) is 6.31. The number of piperidine rings is 1. The van der Waals surface area contributed by atoms with E-state index in [2.05, 4.69) is 46.1 Å². The van der Waals surface area contributed by atoms with Gasteiger partial charge in [-0.05, 0) is 44.4 Å². The van der Waals surface area contributed by atoms with Gasteiger partial charge in [0, 0.05) is 30.5 Å². The van der Waals surface area contributed by atoms with E-state index in [4.69, 9.17) is 4.98 Å². The van der Waals surface area contributed by atoms with Crippen molar-refractivity contribution in [3.8, 4) is 0 Å². The number of hydrogen-bond acceptors (Lipinski definition) is 4. The Balaban J connectivity index is 1.55. The maximum Gasteiger partial charge on any atom is 0.251 e. The van der Waals surface area contributed by atoms with Crippen LogP contribution in [0.1, 0.15) is 35.8 Å². The zero-order valence-electron chi connectivity index (χ0n) is 14.6. The first-order valence-electron chi connectivity index (χ1n) is 8.79. The highest BCUT2D eigenvalue weighted by Crippen LogP contribution is 2.30. The largest absolute Gasteiger partial charge is 0.357 e. The van der Waals surface area contributed by atoms with E-state index in [9.17, 15) is 4.79 Å². The molecule has 4 rings (SSSR count). The second-order valence-corrected chi connectivity index (χ2v) is 6.83. The fourth-order valence-electron chi connectivity index (χ4n) is 3.71. The van der Waals surface area contributed by atoms with Crippen LogP contribution < -0.4 is 10.5 Å². The topological polar surface area (TPSA) is 61.9 Å². The molecule has 1 fully saturated rings. The molecule has 3 aromatic rings. The molecule has 2 aromatic heterocycles. The van der Waals surface area contributed by atoms with E-state index in [1.54, 1.807) is 6.07 Å². The van der Waals surface area contributed by atoms with Crippen molar-refractivity contribution < 1.29 is 0 Å². The molecule has 25 heavy (non-hydrogen) atoms. The summed E-state index contributed by atoms with van der Waals surface area (Å²) in [5.74, 6) is 2.08. The molecule has 0 aliphatic carbocycles. The molecule has 0 bridgehead atoms. The summed E-state index contributed by atoms with van der Waals surface area (Å²) in [5, 5.41) is 1.21. The minimum Gasteiger partial charge on any atom is -0.357 e. The van der Waals surface area contributed by atoms with Gasteiger partial charge in [-0.2, -0.15) is 0 Å². The highest BCUT2D eigenvalue weighted by Gasteiger charge is 2.23. The Bertz CT molecular complexity index is 971. The predicted octanol–water partition coefficient (Wildman–Crippen LogP) is 3.32. The van der Waals surface area contributed by atoms with Crippen LogP contribution in [0.4, 0.5) is 5.82 Å². The lowest BCUT2D eigenvalue weighted by atomic mass is 9.93. The standard InChI is InChI=1S/C20H22N4O/c1-13-11-19(23-17-6-4-3-5-16(13)17)24-9-7-15(8-10-24)18-12-20(25)22-14(2)21-18/h3-6,11-12,15H,7-10H2,1-2H3,(H,21,22,25). The summed E-state index contributed by atoms with van der Waals surface area (Å²) in [7, 11) is 0. The third-order valence-corrected chi connectivity index (χ3v) is 5.03. The number of pyridine rings is 1. The Kier molecular flexibility index (Phi) is 3.99. The molecule has 1 aromatic carbocycles. The Hall–Kier alpha value is -2.69. The van der Waals surface area contributed by atoms with Gasteiger partial charge < -0.3 is 9.88 Å². The van der Waals surface area contributed by atoms with Crippen LogP contribution in [0.25, 0.3) is 10.9 Å². The van der Waals surface area contributed by atoms with Crippen LogP contribution in [-0.4, -0.2) is 28.0 Å². The number of nitrogens with zero attached hydrogens (tertiary/aromatic N) is 3. The Labute approximate surface area is 146 Å². The van der Waals surface area contributed by atoms with Gasteiger partial charge in [-0.3, -0.25) is 4.79 Å². The first kappa shape index (κ1) is 15.8. The van der Waals surface area contributed by atoms with E-state index >= 15 is 0 Å². The SMILES string of the molecule is Cc1nc(C2CCN(c3cc(C)c4ccccc4n3)CC2)cc(=O)[nH]1. The van der Waals surface area contributed by atoms with Gasteiger partial charge >= 0.3 is 0 Å². The van der Waals surface area contributed by atoms with Crippen molar-refractivity contribution in [3.63, 3.8) is 0 Å². The van der Waals surface area contributed by atoms with Crippen LogP contribution in [0.15, 0.2) is 41.2 Å². The second-order valence-electron chi connectivity index (χ2n) is 6.83. The Morgan fingerprint density at radius 3 is 2.60 bits per heavy atom. The minimum atomic E-state index is -0.0586. The molecule has 128 valence electrons. The molecule has 3 heterocycles. The third kappa shape index (κ3) is 3.14. The summed E-state index contributed by atoms with van der Waals surface area (Å²) in [5.41, 5.74) is 3.17. The first-order valence-corrected chi connectivity index (χ1v) is 8.79. The van der Waals surface area contributed by atoms with Gasteiger partial charge in [-0.1, -0.05) is 18.2 Å². The summed E-state index contributed by atoms with van der Waals surface area (Å²) in [4.78, 5) is 26.1. The predicted molar refractivity (Wildman–Crippen MR) is 100 cm³/mol. The lowest BCUT2D eigenvalue weighted by Crippen LogP contribution is -2.34. The summed E-state index contributed by atoms with van der Waals surface area (Å²) in [6, 6.07) is 12.1. The van der Waals surface area contributed by atoms with Crippen molar-refractivity contribution in [2.24, 2.45) is 0 Å². The van der Waals surface area contributed by atoms with Crippen LogP contribution in [-0.2, 0) is 0 Å². The smallest absolute Gasteiger partial charge is 0.251 e. The number of aromatic nitrogens is 3. The number of benzene rings is 1. The quantitative estimate of drug-likeness (QED) is 0.781. The molecule has 0 radical (unpaired) electrons. The number of rotatable bonds is 2. The highest BCUT2D eigenvalue weighted by molar-refractivity contribution is 5.83. The number of anilines is 1. The van der Waals surface area contributed by atoms with Crippen molar-refractivity contribution in [3.05, 3.63) is 63.8 Å². The van der Waals surface area contributed by atoms with Gasteiger partial charge in [0.15, 0.2) is 0 Å². The van der Waals surface area contributed by atoms with Gasteiger partial charge in [0.05, 0.1) is 11.2 Å². The van der Waals surface area contributed by atoms with Crippen LogP contribution in [0.3, 0.4) is 0 Å². The molecular weight excluding hydrogens is 312 g/mol. The molecule has 5 nitrogen and oxygen atoms in total. The number of aromatic amines is 1. The normalized spacial score (nSPS) is 15.7. The Morgan fingerprint density at radius 2 is 1.84 bits per heavy atom. The molecule has 0 unspecified atom stereocenters. The fourth-order valence-corrected chi connectivity index (χ4v) is 3.71. The number of nitrogens with one attached hydrogen (secondary N) is 1. The van der Waals surface area contributed by atoms with E-state index in [1.807, 2.05) is 13.0 Å². The maximum absolute atomic E-state index is 11.7. The molecule has 0 saturated carbocycles. The van der Waals surface area contributed by atoms with Crippen molar-refractivity contribution in [1.82, 2.24) is 15.0 Å². The zero-order valence-corrected chi connectivity index (χ0v) is 14.6. The Morgan fingerprint density at radius 1 is 1.08 bits per heavy atom. The van der Waals surface area contributed by atoms with E-state index in [-0.39, 0.29) is 5.56 Å². The fraction of sp³-hybridized carbons (Fsp3) is 0.350. The van der Waals surface area contributed by atoms with Crippen molar-refractivity contribution in [1.29, 1.82) is 0 Å².